The lowest BCUT2D eigenvalue weighted by molar-refractivity contribution is 0.406. The molecule has 0 amide bonds. The van der Waals surface area contributed by atoms with Gasteiger partial charge in [-0.2, -0.15) is 0 Å². The van der Waals surface area contributed by atoms with Gasteiger partial charge in [0.25, 0.3) is 0 Å². The summed E-state index contributed by atoms with van der Waals surface area (Å²) >= 11 is 6.06. The third kappa shape index (κ3) is 3.61. The standard InChI is InChI=1S/C17H20ClNO2/c1-11-5-7-14(17(9-11)21-4)12(2)19-15-10-13(18)6-8-16(15)20-3/h5-10,12,19H,1-4H3. The van der Waals surface area contributed by atoms with E-state index in [0.29, 0.717) is 5.02 Å². The number of halogens is 1. The Morgan fingerprint density at radius 2 is 1.71 bits per heavy atom. The van der Waals surface area contributed by atoms with Crippen LogP contribution in [0.25, 0.3) is 0 Å². The zero-order chi connectivity index (χ0) is 15.4. The highest BCUT2D eigenvalue weighted by Gasteiger charge is 2.13. The number of benzene rings is 2. The Balaban J connectivity index is 2.30. The van der Waals surface area contributed by atoms with Crippen LogP contribution in [0.3, 0.4) is 0 Å². The lowest BCUT2D eigenvalue weighted by Gasteiger charge is -2.20. The second kappa shape index (κ2) is 6.72. The van der Waals surface area contributed by atoms with E-state index in [1.54, 1.807) is 14.2 Å². The molecule has 1 atom stereocenters. The summed E-state index contributed by atoms with van der Waals surface area (Å²) in [5, 5.41) is 4.09. The lowest BCUT2D eigenvalue weighted by atomic mass is 10.0. The maximum Gasteiger partial charge on any atom is 0.142 e. The first-order chi connectivity index (χ1) is 10.0. The molecule has 0 heterocycles. The Morgan fingerprint density at radius 1 is 1.00 bits per heavy atom. The van der Waals surface area contributed by atoms with E-state index in [2.05, 4.69) is 24.4 Å². The van der Waals surface area contributed by atoms with Crippen molar-refractivity contribution < 1.29 is 9.47 Å². The van der Waals surface area contributed by atoms with Gasteiger partial charge in [-0.05, 0) is 43.7 Å². The zero-order valence-electron chi connectivity index (χ0n) is 12.7. The van der Waals surface area contributed by atoms with Crippen LogP contribution in [0.2, 0.25) is 5.02 Å². The van der Waals surface area contributed by atoms with E-state index in [1.165, 1.54) is 5.56 Å². The molecule has 3 nitrogen and oxygen atoms in total. The predicted octanol–water partition coefficient (Wildman–Crippen LogP) is 4.84. The summed E-state index contributed by atoms with van der Waals surface area (Å²) in [6.45, 7) is 4.12. The van der Waals surface area contributed by atoms with E-state index in [1.807, 2.05) is 31.2 Å². The number of anilines is 1. The zero-order valence-corrected chi connectivity index (χ0v) is 13.5. The van der Waals surface area contributed by atoms with Crippen molar-refractivity contribution in [1.29, 1.82) is 0 Å². The second-order valence-corrected chi connectivity index (χ2v) is 5.39. The molecule has 0 saturated carbocycles. The highest BCUT2D eigenvalue weighted by atomic mass is 35.5. The van der Waals surface area contributed by atoms with Gasteiger partial charge in [0, 0.05) is 10.6 Å². The van der Waals surface area contributed by atoms with Crippen LogP contribution in [-0.2, 0) is 0 Å². The van der Waals surface area contributed by atoms with E-state index in [0.717, 1.165) is 22.7 Å². The van der Waals surface area contributed by atoms with Crippen LogP contribution in [0, 0.1) is 6.92 Å². The van der Waals surface area contributed by atoms with Gasteiger partial charge < -0.3 is 14.8 Å². The van der Waals surface area contributed by atoms with Crippen molar-refractivity contribution in [3.05, 3.63) is 52.5 Å². The average Bonchev–Trinajstić information content (AvgIpc) is 2.47. The summed E-state index contributed by atoms with van der Waals surface area (Å²) < 4.78 is 10.8. The minimum absolute atomic E-state index is 0.0629. The molecule has 0 spiro atoms. The van der Waals surface area contributed by atoms with Crippen molar-refractivity contribution in [1.82, 2.24) is 0 Å². The minimum Gasteiger partial charge on any atom is -0.496 e. The van der Waals surface area contributed by atoms with Crippen LogP contribution in [0.15, 0.2) is 36.4 Å². The predicted molar refractivity (Wildman–Crippen MR) is 87.8 cm³/mol. The smallest absolute Gasteiger partial charge is 0.142 e. The van der Waals surface area contributed by atoms with E-state index >= 15 is 0 Å². The van der Waals surface area contributed by atoms with Crippen molar-refractivity contribution in [2.45, 2.75) is 19.9 Å². The van der Waals surface area contributed by atoms with Gasteiger partial charge in [0.15, 0.2) is 0 Å². The molecule has 2 aromatic carbocycles. The molecule has 0 aliphatic carbocycles. The van der Waals surface area contributed by atoms with Gasteiger partial charge in [0.2, 0.25) is 0 Å². The van der Waals surface area contributed by atoms with Crippen LogP contribution in [0.1, 0.15) is 24.1 Å². The molecule has 0 bridgehead atoms. The third-order valence-electron chi connectivity index (χ3n) is 3.39. The maximum atomic E-state index is 6.06. The molecular formula is C17H20ClNO2. The minimum atomic E-state index is 0.0629. The van der Waals surface area contributed by atoms with Crippen molar-refractivity contribution >= 4 is 17.3 Å². The Morgan fingerprint density at radius 3 is 2.38 bits per heavy atom. The highest BCUT2D eigenvalue weighted by Crippen LogP contribution is 2.33. The lowest BCUT2D eigenvalue weighted by Crippen LogP contribution is -2.09. The van der Waals surface area contributed by atoms with E-state index in [4.69, 9.17) is 21.1 Å². The number of hydrogen-bond donors (Lipinski definition) is 1. The van der Waals surface area contributed by atoms with Crippen LogP contribution in [0.5, 0.6) is 11.5 Å². The van der Waals surface area contributed by atoms with Gasteiger partial charge in [-0.1, -0.05) is 23.7 Å². The number of nitrogens with one attached hydrogen (secondary N) is 1. The quantitative estimate of drug-likeness (QED) is 0.857. The molecule has 0 saturated heterocycles. The largest absolute Gasteiger partial charge is 0.496 e. The van der Waals surface area contributed by atoms with E-state index in [-0.39, 0.29) is 6.04 Å². The summed E-state index contributed by atoms with van der Waals surface area (Å²) in [7, 11) is 3.33. The van der Waals surface area contributed by atoms with Gasteiger partial charge >= 0.3 is 0 Å². The first-order valence-corrected chi connectivity index (χ1v) is 7.17. The average molecular weight is 306 g/mol. The molecule has 0 aromatic heterocycles. The summed E-state index contributed by atoms with van der Waals surface area (Å²) in [5.74, 6) is 1.63. The molecule has 1 N–H and O–H groups in total. The first-order valence-electron chi connectivity index (χ1n) is 6.79. The molecule has 2 aromatic rings. The number of aryl methyl sites for hydroxylation is 1. The van der Waals surface area contributed by atoms with E-state index in [9.17, 15) is 0 Å². The van der Waals surface area contributed by atoms with Crippen molar-refractivity contribution in [3.8, 4) is 11.5 Å². The third-order valence-corrected chi connectivity index (χ3v) is 3.62. The number of hydrogen-bond acceptors (Lipinski definition) is 3. The SMILES string of the molecule is COc1ccc(Cl)cc1NC(C)c1ccc(C)cc1OC. The summed E-state index contributed by atoms with van der Waals surface area (Å²) in [6, 6.07) is 11.8. The fraction of sp³-hybridized carbons (Fsp3) is 0.294. The molecule has 0 aliphatic rings. The second-order valence-electron chi connectivity index (χ2n) is 4.96. The van der Waals surface area contributed by atoms with Gasteiger partial charge in [-0.25, -0.2) is 0 Å². The molecule has 0 aliphatic heterocycles. The molecule has 0 fully saturated rings. The van der Waals surface area contributed by atoms with Crippen LogP contribution in [0.4, 0.5) is 5.69 Å². The summed E-state index contributed by atoms with van der Waals surface area (Å²) in [6.07, 6.45) is 0. The van der Waals surface area contributed by atoms with Gasteiger partial charge in [-0.3, -0.25) is 0 Å². The Kier molecular flexibility index (Phi) is 4.97. The van der Waals surface area contributed by atoms with Gasteiger partial charge in [0.05, 0.1) is 25.9 Å². The van der Waals surface area contributed by atoms with Crippen LogP contribution < -0.4 is 14.8 Å². The molecular weight excluding hydrogens is 286 g/mol. The van der Waals surface area contributed by atoms with E-state index < -0.39 is 0 Å². The summed E-state index contributed by atoms with van der Waals surface area (Å²) in [5.41, 5.74) is 3.12. The topological polar surface area (TPSA) is 30.5 Å². The Bertz CT molecular complexity index is 628. The molecule has 2 rings (SSSR count). The number of ether oxygens (including phenoxy) is 2. The number of methoxy groups -OCH3 is 2. The maximum absolute atomic E-state index is 6.06. The molecule has 4 heteroatoms. The van der Waals surface area contributed by atoms with Gasteiger partial charge in [0.1, 0.15) is 11.5 Å². The van der Waals surface area contributed by atoms with Crippen LogP contribution >= 0.6 is 11.6 Å². The molecule has 112 valence electrons. The van der Waals surface area contributed by atoms with Gasteiger partial charge in [-0.15, -0.1) is 0 Å². The highest BCUT2D eigenvalue weighted by molar-refractivity contribution is 6.30. The number of rotatable bonds is 5. The van der Waals surface area contributed by atoms with Crippen molar-refractivity contribution in [2.75, 3.05) is 19.5 Å². The molecule has 0 radical (unpaired) electrons. The van der Waals surface area contributed by atoms with Crippen molar-refractivity contribution in [3.63, 3.8) is 0 Å². The Labute approximate surface area is 130 Å². The first kappa shape index (κ1) is 15.5. The molecule has 1 unspecified atom stereocenters. The monoisotopic (exact) mass is 305 g/mol. The normalized spacial score (nSPS) is 11.9. The fourth-order valence-corrected chi connectivity index (χ4v) is 2.45. The van der Waals surface area contributed by atoms with Crippen molar-refractivity contribution in [2.24, 2.45) is 0 Å². The fourth-order valence-electron chi connectivity index (χ4n) is 2.28. The molecule has 21 heavy (non-hydrogen) atoms. The Hall–Kier alpha value is -1.87. The van der Waals surface area contributed by atoms with Crippen LogP contribution in [-0.4, -0.2) is 14.2 Å². The summed E-state index contributed by atoms with van der Waals surface area (Å²) in [4.78, 5) is 0.